The lowest BCUT2D eigenvalue weighted by atomic mass is 10.1. The van der Waals surface area contributed by atoms with Gasteiger partial charge in [-0.3, -0.25) is 4.18 Å². The van der Waals surface area contributed by atoms with Gasteiger partial charge in [0.25, 0.3) is 0 Å². The van der Waals surface area contributed by atoms with E-state index in [2.05, 4.69) is 69.7 Å². The zero-order valence-corrected chi connectivity index (χ0v) is 18.9. The Kier molecular flexibility index (Phi) is 8.60. The third-order valence-corrected chi connectivity index (χ3v) is 5.34. The van der Waals surface area contributed by atoms with Crippen LogP contribution in [-0.4, -0.2) is 27.1 Å². The lowest BCUT2D eigenvalue weighted by Gasteiger charge is -2.20. The maximum atomic E-state index is 9.22. The quantitative estimate of drug-likeness (QED) is 0.245. The van der Waals surface area contributed by atoms with Gasteiger partial charge in [0.1, 0.15) is 11.9 Å². The number of hydrogen-bond donors (Lipinski definition) is 0. The molecule has 0 N–H and O–H groups in total. The van der Waals surface area contributed by atoms with Gasteiger partial charge in [0, 0.05) is 24.7 Å². The second-order valence-corrected chi connectivity index (χ2v) is 8.41. The second kappa shape index (κ2) is 10.9. The van der Waals surface area contributed by atoms with Crippen molar-refractivity contribution in [2.24, 2.45) is 17.3 Å². The van der Waals surface area contributed by atoms with Crippen molar-refractivity contribution in [3.05, 3.63) is 71.2 Å². The Hall–Kier alpha value is -2.66. The smallest absolute Gasteiger partial charge is 0.408 e. The van der Waals surface area contributed by atoms with Crippen molar-refractivity contribution in [2.75, 3.05) is 19.1 Å². The molecular formula is C20H24N4O4S2. The molecule has 0 spiro atoms. The van der Waals surface area contributed by atoms with Crippen molar-refractivity contribution >= 4 is 38.2 Å². The fourth-order valence-electron chi connectivity index (χ4n) is 2.46. The van der Waals surface area contributed by atoms with Gasteiger partial charge in [-0.05, 0) is 52.7 Å². The molecule has 0 amide bonds. The van der Waals surface area contributed by atoms with Crippen LogP contribution in [0.2, 0.25) is 0 Å². The van der Waals surface area contributed by atoms with E-state index in [-0.39, 0.29) is 0 Å². The first kappa shape index (κ1) is 23.6. The van der Waals surface area contributed by atoms with Crippen LogP contribution >= 0.6 is 11.3 Å². The summed E-state index contributed by atoms with van der Waals surface area (Å²) < 4.78 is 33.0. The monoisotopic (exact) mass is 448 g/mol. The summed E-state index contributed by atoms with van der Waals surface area (Å²) in [7, 11) is 0.473. The molecule has 0 atom stereocenters. The second-order valence-electron chi connectivity index (χ2n) is 6.38. The molecule has 0 saturated heterocycles. The van der Waals surface area contributed by atoms with Crippen LogP contribution < -0.4 is 9.47 Å². The summed E-state index contributed by atoms with van der Waals surface area (Å²) in [5, 5.41) is 11.6. The summed E-state index contributed by atoms with van der Waals surface area (Å²) >= 11 is 1.58. The summed E-state index contributed by atoms with van der Waals surface area (Å²) in [5.74, 6) is 0. The van der Waals surface area contributed by atoms with Crippen LogP contribution in [-0.2, 0) is 28.2 Å². The van der Waals surface area contributed by atoms with Crippen LogP contribution in [0, 0.1) is 6.92 Å². The van der Waals surface area contributed by atoms with E-state index in [1.165, 1.54) is 11.3 Å². The number of thiazole rings is 1. The maximum Gasteiger partial charge on any atom is 0.408 e. The number of rotatable bonds is 6. The highest BCUT2D eigenvalue weighted by molar-refractivity contribution is 7.80. The topological polar surface area (TPSA) is 98.3 Å². The minimum Gasteiger partial charge on any atom is -0.726 e. The van der Waals surface area contributed by atoms with Crippen molar-refractivity contribution in [3.8, 4) is 0 Å². The molecule has 0 saturated carbocycles. The molecule has 0 radical (unpaired) electrons. The molecule has 1 heterocycles. The zero-order valence-electron chi connectivity index (χ0n) is 17.2. The van der Waals surface area contributed by atoms with E-state index in [0.29, 0.717) is 0 Å². The Labute approximate surface area is 181 Å². The Morgan fingerprint density at radius 2 is 1.83 bits per heavy atom. The largest absolute Gasteiger partial charge is 0.726 e. The van der Waals surface area contributed by atoms with Gasteiger partial charge in [0.05, 0.1) is 19.3 Å². The fourth-order valence-corrected chi connectivity index (χ4v) is 3.14. The van der Waals surface area contributed by atoms with Gasteiger partial charge in [-0.15, -0.1) is 0 Å². The normalized spacial score (nSPS) is 11.2. The number of aryl methyl sites for hydroxylation is 2. The van der Waals surface area contributed by atoms with E-state index in [1.54, 1.807) is 11.3 Å². The number of anilines is 1. The van der Waals surface area contributed by atoms with Crippen molar-refractivity contribution in [1.82, 2.24) is 0 Å². The molecule has 8 nitrogen and oxygen atoms in total. The zero-order chi connectivity index (χ0) is 22.1. The highest BCUT2D eigenvalue weighted by Crippen LogP contribution is 2.27. The lowest BCUT2D eigenvalue weighted by Crippen LogP contribution is -2.23. The van der Waals surface area contributed by atoms with E-state index in [4.69, 9.17) is 0 Å². The molecule has 0 aliphatic heterocycles. The van der Waals surface area contributed by atoms with Crippen molar-refractivity contribution < 1.29 is 21.7 Å². The summed E-state index contributed by atoms with van der Waals surface area (Å²) in [6, 6.07) is 16.8. The Morgan fingerprint density at radius 3 is 2.37 bits per heavy atom. The number of aromatic nitrogens is 1. The van der Waals surface area contributed by atoms with Crippen molar-refractivity contribution in [1.29, 1.82) is 0 Å². The molecule has 2 aromatic carbocycles. The molecule has 160 valence electrons. The Morgan fingerprint density at radius 1 is 1.17 bits per heavy atom. The molecule has 0 unspecified atom stereocenters. The van der Waals surface area contributed by atoms with Crippen LogP contribution in [0.3, 0.4) is 0 Å². The minimum absolute atomic E-state index is 0.808. The van der Waals surface area contributed by atoms with Gasteiger partial charge < -0.3 is 9.45 Å². The lowest BCUT2D eigenvalue weighted by molar-refractivity contribution is -0.654. The molecular weight excluding hydrogens is 424 g/mol. The Balaban J connectivity index is 0.000000469. The predicted molar refractivity (Wildman–Crippen MR) is 116 cm³/mol. The summed E-state index contributed by atoms with van der Waals surface area (Å²) in [6.45, 7) is 2.95. The number of hydrogen-bond acceptors (Lipinski definition) is 8. The fraction of sp³-hybridized carbons (Fsp3) is 0.250. The van der Waals surface area contributed by atoms with Gasteiger partial charge in [-0.25, -0.2) is 13.0 Å². The van der Waals surface area contributed by atoms with E-state index in [0.717, 1.165) is 30.0 Å². The first-order valence-electron chi connectivity index (χ1n) is 8.91. The van der Waals surface area contributed by atoms with Crippen molar-refractivity contribution in [2.45, 2.75) is 13.5 Å². The van der Waals surface area contributed by atoms with Gasteiger partial charge in [0.15, 0.2) is 0 Å². The summed E-state index contributed by atoms with van der Waals surface area (Å²) in [4.78, 5) is 2.24. The van der Waals surface area contributed by atoms with E-state index in [1.807, 2.05) is 35.3 Å². The van der Waals surface area contributed by atoms with E-state index >= 15 is 0 Å². The molecule has 0 aliphatic rings. The van der Waals surface area contributed by atoms with Crippen LogP contribution in [0.4, 0.5) is 16.5 Å². The molecule has 0 fully saturated rings. The van der Waals surface area contributed by atoms with Gasteiger partial charge in [-0.2, -0.15) is 0 Å². The summed E-state index contributed by atoms with van der Waals surface area (Å²) in [6.07, 6.45) is 1.98. The third kappa shape index (κ3) is 7.64. The first-order chi connectivity index (χ1) is 14.2. The van der Waals surface area contributed by atoms with E-state index < -0.39 is 10.4 Å². The average Bonchev–Trinajstić information content (AvgIpc) is 3.12. The molecule has 3 rings (SSSR count). The van der Waals surface area contributed by atoms with Crippen molar-refractivity contribution in [3.63, 3.8) is 0 Å². The number of nitrogens with zero attached hydrogens (tertiary/aromatic N) is 4. The van der Waals surface area contributed by atoms with Crippen LogP contribution in [0.1, 0.15) is 11.1 Å². The van der Waals surface area contributed by atoms with Crippen LogP contribution in [0.25, 0.3) is 0 Å². The maximum absolute atomic E-state index is 9.22. The Bertz CT molecular complexity index is 1080. The highest BCUT2D eigenvalue weighted by atomic mass is 32.3. The van der Waals surface area contributed by atoms with Crippen LogP contribution in [0.15, 0.2) is 70.3 Å². The van der Waals surface area contributed by atoms with Gasteiger partial charge in [0.2, 0.25) is 10.4 Å². The summed E-state index contributed by atoms with van der Waals surface area (Å²) in [5.41, 5.74) is 4.50. The van der Waals surface area contributed by atoms with Gasteiger partial charge >= 0.3 is 5.13 Å². The molecule has 0 bridgehead atoms. The number of azo groups is 1. The average molecular weight is 449 g/mol. The highest BCUT2D eigenvalue weighted by Gasteiger charge is 2.09. The SMILES string of the molecule is COS(=O)(=O)[O-].Cc1cc(N(C)Cc2ccccc2)ccc1N=Nc1scc[n+]1C. The van der Waals surface area contributed by atoms with E-state index in [9.17, 15) is 13.0 Å². The molecule has 10 heteroatoms. The first-order valence-corrected chi connectivity index (χ1v) is 11.1. The van der Waals surface area contributed by atoms with Gasteiger partial charge in [-0.1, -0.05) is 30.3 Å². The van der Waals surface area contributed by atoms with Crippen LogP contribution in [0.5, 0.6) is 0 Å². The standard InChI is InChI=1S/C19H21N4S.CH4O4S/c1-15-13-17(23(3)14-16-7-5-4-6-8-16)9-10-18(15)20-21-19-22(2)11-12-24-19;1-5-6(2,3)4/h4-13H,14H2,1-3H3;1H3,(H,2,3,4)/q+1;/p-1. The molecule has 0 aliphatic carbocycles. The minimum atomic E-state index is -4.41. The molecule has 30 heavy (non-hydrogen) atoms. The third-order valence-electron chi connectivity index (χ3n) is 4.09. The molecule has 3 aromatic rings. The number of benzene rings is 2. The molecule has 1 aromatic heterocycles. The predicted octanol–water partition coefficient (Wildman–Crippen LogP) is 4.03.